The Morgan fingerprint density at radius 2 is 1.78 bits per heavy atom. The van der Waals surface area contributed by atoms with E-state index in [0.29, 0.717) is 12.8 Å². The lowest BCUT2D eigenvalue weighted by Crippen LogP contribution is -2.37. The van der Waals surface area contributed by atoms with E-state index in [-0.39, 0.29) is 46.8 Å². The SMILES string of the molecule is C[C@@H]1CC(=O)c2c(OC(=O)CN3C(=O)[C@@H]4CC=CC[C@H]4C3=O)ccc(F)c21. The molecule has 0 unspecified atom stereocenters. The van der Waals surface area contributed by atoms with E-state index in [2.05, 4.69) is 0 Å². The van der Waals surface area contributed by atoms with Crippen molar-refractivity contribution < 1.29 is 28.3 Å². The molecule has 1 saturated heterocycles. The average Bonchev–Trinajstić information content (AvgIpc) is 3.07. The first-order valence-corrected chi connectivity index (χ1v) is 8.95. The largest absolute Gasteiger partial charge is 0.424 e. The molecule has 6 nitrogen and oxygen atoms in total. The number of nitrogens with zero attached hydrogens (tertiary/aromatic N) is 1. The summed E-state index contributed by atoms with van der Waals surface area (Å²) in [5, 5.41) is 0. The van der Waals surface area contributed by atoms with Crippen LogP contribution in [0, 0.1) is 17.7 Å². The summed E-state index contributed by atoms with van der Waals surface area (Å²) >= 11 is 0. The first-order chi connectivity index (χ1) is 12.9. The van der Waals surface area contributed by atoms with Gasteiger partial charge < -0.3 is 4.74 Å². The van der Waals surface area contributed by atoms with Crippen LogP contribution in [-0.2, 0) is 14.4 Å². The molecule has 0 saturated carbocycles. The van der Waals surface area contributed by atoms with Gasteiger partial charge in [-0.05, 0) is 30.9 Å². The molecule has 1 aliphatic heterocycles. The first kappa shape index (κ1) is 17.6. The lowest BCUT2D eigenvalue weighted by atomic mass is 9.85. The highest BCUT2D eigenvalue weighted by Gasteiger charge is 2.48. The standard InChI is InChI=1S/C20H18FNO5/c1-10-8-14(23)18-15(7-6-13(21)17(10)18)27-16(24)9-22-19(25)11-4-2-3-5-12(11)20(22)26/h2-3,6-7,10-12H,4-5,8-9H2,1H3/t10-,11-,12-/m1/s1. The second-order valence-corrected chi connectivity index (χ2v) is 7.26. The Morgan fingerprint density at radius 3 is 2.41 bits per heavy atom. The van der Waals surface area contributed by atoms with Crippen molar-refractivity contribution in [3.05, 3.63) is 41.2 Å². The highest BCUT2D eigenvalue weighted by atomic mass is 19.1. The molecular weight excluding hydrogens is 353 g/mol. The molecule has 4 rings (SSSR count). The summed E-state index contributed by atoms with van der Waals surface area (Å²) in [6.07, 6.45) is 4.85. The van der Waals surface area contributed by atoms with Gasteiger partial charge in [0.05, 0.1) is 17.4 Å². The number of Topliss-reactive ketones (excluding diaryl/α,β-unsaturated/α-hetero) is 1. The van der Waals surface area contributed by atoms with Gasteiger partial charge in [-0.3, -0.25) is 19.3 Å². The predicted molar refractivity (Wildman–Crippen MR) is 91.5 cm³/mol. The third-order valence-electron chi connectivity index (χ3n) is 5.53. The van der Waals surface area contributed by atoms with Crippen molar-refractivity contribution in [2.75, 3.05) is 6.54 Å². The number of imide groups is 1. The van der Waals surface area contributed by atoms with Crippen LogP contribution in [0.25, 0.3) is 0 Å². The number of amides is 2. The maximum Gasteiger partial charge on any atom is 0.331 e. The van der Waals surface area contributed by atoms with Gasteiger partial charge in [-0.25, -0.2) is 9.18 Å². The maximum atomic E-state index is 14.0. The predicted octanol–water partition coefficient (Wildman–Crippen LogP) is 2.37. The second-order valence-electron chi connectivity index (χ2n) is 7.26. The number of esters is 1. The fourth-order valence-corrected chi connectivity index (χ4v) is 4.22. The van der Waals surface area contributed by atoms with Gasteiger partial charge in [-0.15, -0.1) is 0 Å². The third-order valence-corrected chi connectivity index (χ3v) is 5.53. The number of ether oxygens (including phenoxy) is 1. The van der Waals surface area contributed by atoms with E-state index in [0.717, 1.165) is 11.0 Å². The van der Waals surface area contributed by atoms with Gasteiger partial charge in [0.25, 0.3) is 0 Å². The molecule has 2 amide bonds. The number of likely N-dealkylation sites (tertiary alicyclic amines) is 1. The zero-order valence-electron chi connectivity index (χ0n) is 14.7. The monoisotopic (exact) mass is 371 g/mol. The smallest absolute Gasteiger partial charge is 0.331 e. The van der Waals surface area contributed by atoms with Crippen LogP contribution in [0.2, 0.25) is 0 Å². The highest BCUT2D eigenvalue weighted by Crippen LogP contribution is 2.40. The molecule has 27 heavy (non-hydrogen) atoms. The van der Waals surface area contributed by atoms with Crippen LogP contribution in [0.4, 0.5) is 4.39 Å². The average molecular weight is 371 g/mol. The van der Waals surface area contributed by atoms with Gasteiger partial charge >= 0.3 is 5.97 Å². The van der Waals surface area contributed by atoms with Gasteiger partial charge in [0.1, 0.15) is 18.1 Å². The van der Waals surface area contributed by atoms with E-state index in [4.69, 9.17) is 4.74 Å². The fraction of sp³-hybridized carbons (Fsp3) is 0.400. The summed E-state index contributed by atoms with van der Waals surface area (Å²) in [6.45, 7) is 1.22. The Balaban J connectivity index is 1.52. The topological polar surface area (TPSA) is 80.8 Å². The Morgan fingerprint density at radius 1 is 1.15 bits per heavy atom. The van der Waals surface area contributed by atoms with Crippen LogP contribution in [0.3, 0.4) is 0 Å². The first-order valence-electron chi connectivity index (χ1n) is 8.95. The van der Waals surface area contributed by atoms with Crippen LogP contribution >= 0.6 is 0 Å². The molecule has 0 bridgehead atoms. The quantitative estimate of drug-likeness (QED) is 0.353. The Hall–Kier alpha value is -2.83. The van der Waals surface area contributed by atoms with Gasteiger partial charge in [-0.2, -0.15) is 0 Å². The molecular formula is C20H18FNO5. The Bertz CT molecular complexity index is 880. The van der Waals surface area contributed by atoms with Crippen molar-refractivity contribution in [1.29, 1.82) is 0 Å². The van der Waals surface area contributed by atoms with E-state index >= 15 is 0 Å². The number of hydrogen-bond donors (Lipinski definition) is 0. The molecule has 1 aromatic rings. The molecule has 0 radical (unpaired) electrons. The Labute approximate surface area is 155 Å². The van der Waals surface area contributed by atoms with Gasteiger partial charge in [-0.1, -0.05) is 19.1 Å². The summed E-state index contributed by atoms with van der Waals surface area (Å²) in [4.78, 5) is 50.3. The number of benzene rings is 1. The number of rotatable bonds is 3. The minimum absolute atomic E-state index is 0.0241. The van der Waals surface area contributed by atoms with Crippen LogP contribution in [0.15, 0.2) is 24.3 Å². The van der Waals surface area contributed by atoms with Crippen molar-refractivity contribution in [1.82, 2.24) is 4.90 Å². The molecule has 0 N–H and O–H groups in total. The van der Waals surface area contributed by atoms with Crippen LogP contribution in [0.5, 0.6) is 5.75 Å². The van der Waals surface area contributed by atoms with Gasteiger partial charge in [0.15, 0.2) is 5.78 Å². The molecule has 1 aromatic carbocycles. The summed E-state index contributed by atoms with van der Waals surface area (Å²) in [6, 6.07) is 2.39. The summed E-state index contributed by atoms with van der Waals surface area (Å²) in [5.41, 5.74) is 0.323. The normalized spacial score (nSPS) is 26.4. The molecule has 0 spiro atoms. The molecule has 140 valence electrons. The number of ketones is 1. The lowest BCUT2D eigenvalue weighted by Gasteiger charge is -2.15. The van der Waals surface area contributed by atoms with Crippen molar-refractivity contribution in [3.8, 4) is 5.75 Å². The molecule has 3 atom stereocenters. The van der Waals surface area contributed by atoms with Crippen molar-refractivity contribution in [2.24, 2.45) is 11.8 Å². The van der Waals surface area contributed by atoms with Crippen LogP contribution < -0.4 is 4.74 Å². The molecule has 1 heterocycles. The molecule has 0 aromatic heterocycles. The summed E-state index contributed by atoms with van der Waals surface area (Å²) in [7, 11) is 0. The molecule has 3 aliphatic rings. The number of fused-ring (bicyclic) bond motifs is 2. The van der Waals surface area contributed by atoms with E-state index in [1.165, 1.54) is 6.07 Å². The minimum atomic E-state index is -0.829. The number of halogens is 1. The zero-order chi connectivity index (χ0) is 19.3. The van der Waals surface area contributed by atoms with E-state index in [1.807, 2.05) is 12.2 Å². The Kier molecular flexibility index (Phi) is 4.17. The molecule has 2 aliphatic carbocycles. The maximum absolute atomic E-state index is 14.0. The van der Waals surface area contributed by atoms with Crippen LogP contribution in [-0.4, -0.2) is 35.0 Å². The minimum Gasteiger partial charge on any atom is -0.424 e. The number of carbonyl (C=O) groups excluding carboxylic acids is 4. The lowest BCUT2D eigenvalue weighted by molar-refractivity contribution is -0.148. The van der Waals surface area contributed by atoms with E-state index < -0.39 is 30.2 Å². The van der Waals surface area contributed by atoms with Crippen LogP contribution in [0.1, 0.15) is 48.0 Å². The van der Waals surface area contributed by atoms with Crippen molar-refractivity contribution in [3.63, 3.8) is 0 Å². The summed E-state index contributed by atoms with van der Waals surface area (Å²) in [5.74, 6) is -3.53. The number of hydrogen-bond acceptors (Lipinski definition) is 5. The van der Waals surface area contributed by atoms with Gasteiger partial charge in [0, 0.05) is 12.0 Å². The second kappa shape index (κ2) is 6.40. The number of carbonyl (C=O) groups is 4. The summed E-state index contributed by atoms with van der Waals surface area (Å²) < 4.78 is 19.3. The van der Waals surface area contributed by atoms with Crippen molar-refractivity contribution in [2.45, 2.75) is 32.1 Å². The highest BCUT2D eigenvalue weighted by molar-refractivity contribution is 6.08. The van der Waals surface area contributed by atoms with E-state index in [9.17, 15) is 23.6 Å². The zero-order valence-corrected chi connectivity index (χ0v) is 14.7. The number of allylic oxidation sites excluding steroid dienone is 2. The van der Waals surface area contributed by atoms with E-state index in [1.54, 1.807) is 6.92 Å². The van der Waals surface area contributed by atoms with Crippen molar-refractivity contribution >= 4 is 23.6 Å². The molecule has 7 heteroatoms. The molecule has 1 fully saturated rings. The third kappa shape index (κ3) is 2.78. The fourth-order valence-electron chi connectivity index (χ4n) is 4.22. The van der Waals surface area contributed by atoms with Gasteiger partial charge in [0.2, 0.25) is 11.8 Å².